The van der Waals surface area contributed by atoms with Crippen LogP contribution in [0.5, 0.6) is 0 Å². The van der Waals surface area contributed by atoms with Gasteiger partial charge in [0.15, 0.2) is 0 Å². The van der Waals surface area contributed by atoms with Gasteiger partial charge in [-0.05, 0) is 24.3 Å². The van der Waals surface area contributed by atoms with Crippen molar-refractivity contribution in [3.8, 4) is 6.07 Å². The van der Waals surface area contributed by atoms with Gasteiger partial charge < -0.3 is 4.90 Å². The van der Waals surface area contributed by atoms with Crippen LogP contribution >= 0.6 is 11.6 Å². The molecular weight excluding hydrogens is 348 g/mol. The number of rotatable bonds is 3. The van der Waals surface area contributed by atoms with E-state index in [1.807, 2.05) is 17.0 Å². The maximum atomic E-state index is 12.7. The van der Waals surface area contributed by atoms with Crippen LogP contribution in [-0.4, -0.2) is 43.9 Å². The van der Waals surface area contributed by atoms with Gasteiger partial charge in [-0.25, -0.2) is 13.4 Å². The fourth-order valence-electron chi connectivity index (χ4n) is 2.62. The molecule has 6 nitrogen and oxygen atoms in total. The molecule has 1 aliphatic heterocycles. The Hall–Kier alpha value is -2.14. The molecule has 0 amide bonds. The molecule has 0 aliphatic carbocycles. The van der Waals surface area contributed by atoms with E-state index in [9.17, 15) is 8.42 Å². The predicted molar refractivity (Wildman–Crippen MR) is 91.4 cm³/mol. The second-order valence-electron chi connectivity index (χ2n) is 5.33. The lowest BCUT2D eigenvalue weighted by Gasteiger charge is -2.35. The summed E-state index contributed by atoms with van der Waals surface area (Å²) in [4.78, 5) is 6.23. The summed E-state index contributed by atoms with van der Waals surface area (Å²) in [6.07, 6.45) is 1.64. The van der Waals surface area contributed by atoms with Gasteiger partial charge in [-0.3, -0.25) is 0 Å². The summed E-state index contributed by atoms with van der Waals surface area (Å²) in [7, 11) is -3.59. The molecule has 0 atom stereocenters. The van der Waals surface area contributed by atoms with Crippen LogP contribution in [0.15, 0.2) is 47.5 Å². The van der Waals surface area contributed by atoms with Crippen molar-refractivity contribution in [1.29, 1.82) is 5.26 Å². The summed E-state index contributed by atoms with van der Waals surface area (Å²) in [6.45, 7) is 1.84. The number of halogens is 1. The molecule has 1 aromatic carbocycles. The second-order valence-corrected chi connectivity index (χ2v) is 7.65. The number of hydrogen-bond acceptors (Lipinski definition) is 5. The van der Waals surface area contributed by atoms with Gasteiger partial charge in [0, 0.05) is 26.2 Å². The van der Waals surface area contributed by atoms with Gasteiger partial charge in [0.1, 0.15) is 16.7 Å². The number of hydrogen-bond donors (Lipinski definition) is 0. The first-order chi connectivity index (χ1) is 11.5. The number of benzene rings is 1. The molecular formula is C16H15ClN4O2S. The first kappa shape index (κ1) is 16.7. The molecule has 1 aliphatic rings. The van der Waals surface area contributed by atoms with E-state index in [4.69, 9.17) is 16.9 Å². The molecule has 3 rings (SSSR count). The molecule has 0 bridgehead atoms. The van der Waals surface area contributed by atoms with Crippen LogP contribution in [0.3, 0.4) is 0 Å². The first-order valence-electron chi connectivity index (χ1n) is 7.38. The van der Waals surface area contributed by atoms with Crippen LogP contribution in [0.2, 0.25) is 5.02 Å². The average molecular weight is 363 g/mol. The normalized spacial score (nSPS) is 15.9. The Morgan fingerprint density at radius 1 is 1.08 bits per heavy atom. The zero-order valence-electron chi connectivity index (χ0n) is 12.8. The number of nitriles is 1. The van der Waals surface area contributed by atoms with E-state index in [1.54, 1.807) is 30.5 Å². The lowest BCUT2D eigenvalue weighted by molar-refractivity contribution is 0.385. The van der Waals surface area contributed by atoms with Gasteiger partial charge >= 0.3 is 0 Å². The fourth-order valence-corrected chi connectivity index (χ4v) is 4.53. The number of sulfonamides is 1. The molecule has 0 saturated carbocycles. The molecule has 0 unspecified atom stereocenters. The smallest absolute Gasteiger partial charge is 0.244 e. The maximum absolute atomic E-state index is 12.7. The first-order valence-corrected chi connectivity index (χ1v) is 9.20. The summed E-state index contributed by atoms with van der Waals surface area (Å²) >= 11 is 6.03. The lowest BCUT2D eigenvalue weighted by atomic mass is 10.3. The number of aromatic nitrogens is 1. The van der Waals surface area contributed by atoms with Crippen LogP contribution < -0.4 is 4.90 Å². The van der Waals surface area contributed by atoms with Gasteiger partial charge in [0.05, 0.1) is 16.9 Å². The SMILES string of the molecule is N#Cc1ccc(N2CCN(S(=O)(=O)c3ccccc3Cl)CC2)cn1. The minimum atomic E-state index is -3.59. The highest BCUT2D eigenvalue weighted by molar-refractivity contribution is 7.89. The summed E-state index contributed by atoms with van der Waals surface area (Å²) in [6, 6.07) is 11.9. The van der Waals surface area contributed by atoms with Gasteiger partial charge in [-0.15, -0.1) is 0 Å². The van der Waals surface area contributed by atoms with E-state index in [0.717, 1.165) is 5.69 Å². The molecule has 124 valence electrons. The van der Waals surface area contributed by atoms with Crippen molar-refractivity contribution in [1.82, 2.24) is 9.29 Å². The molecule has 8 heteroatoms. The summed E-state index contributed by atoms with van der Waals surface area (Å²) in [5, 5.41) is 9.02. The van der Waals surface area contributed by atoms with E-state index in [1.165, 1.54) is 10.4 Å². The van der Waals surface area contributed by atoms with Crippen molar-refractivity contribution < 1.29 is 8.42 Å². The average Bonchev–Trinajstić information content (AvgIpc) is 2.62. The van der Waals surface area contributed by atoms with E-state index in [0.29, 0.717) is 31.9 Å². The predicted octanol–water partition coefficient (Wildman–Crippen LogP) is 2.12. The van der Waals surface area contributed by atoms with Crippen LogP contribution in [0.25, 0.3) is 0 Å². The van der Waals surface area contributed by atoms with Crippen LogP contribution in [-0.2, 0) is 10.0 Å². The highest BCUT2D eigenvalue weighted by Crippen LogP contribution is 2.26. The monoisotopic (exact) mass is 362 g/mol. The number of piperazine rings is 1. The molecule has 1 saturated heterocycles. The molecule has 0 spiro atoms. The van der Waals surface area contributed by atoms with E-state index >= 15 is 0 Å². The van der Waals surface area contributed by atoms with Crippen molar-refractivity contribution >= 4 is 27.3 Å². The third-order valence-corrected chi connectivity index (χ3v) is 6.32. The third kappa shape index (κ3) is 3.22. The number of anilines is 1. The van der Waals surface area contributed by atoms with Gasteiger partial charge in [0.2, 0.25) is 10.0 Å². The topological polar surface area (TPSA) is 77.3 Å². The molecule has 1 fully saturated rings. The van der Waals surface area contributed by atoms with Gasteiger partial charge in [0.25, 0.3) is 0 Å². The number of nitrogens with zero attached hydrogens (tertiary/aromatic N) is 4. The minimum Gasteiger partial charge on any atom is -0.368 e. The van der Waals surface area contributed by atoms with Crippen LogP contribution in [0.4, 0.5) is 5.69 Å². The standard InChI is InChI=1S/C16H15ClN4O2S/c17-15-3-1-2-4-16(15)24(22,23)21-9-7-20(8-10-21)14-6-5-13(11-18)19-12-14/h1-6,12H,7-10H2. The van der Waals surface area contributed by atoms with Crippen LogP contribution in [0.1, 0.15) is 5.69 Å². The molecule has 24 heavy (non-hydrogen) atoms. The Labute approximate surface area is 146 Å². The van der Waals surface area contributed by atoms with Crippen molar-refractivity contribution in [2.75, 3.05) is 31.1 Å². The quantitative estimate of drug-likeness (QED) is 0.835. The summed E-state index contributed by atoms with van der Waals surface area (Å²) in [5.74, 6) is 0. The highest BCUT2D eigenvalue weighted by atomic mass is 35.5. The van der Waals surface area contributed by atoms with E-state index in [2.05, 4.69) is 4.98 Å². The van der Waals surface area contributed by atoms with E-state index < -0.39 is 10.0 Å². The summed E-state index contributed by atoms with van der Waals surface area (Å²) < 4.78 is 26.9. The maximum Gasteiger partial charge on any atom is 0.244 e. The molecule has 1 aromatic heterocycles. The molecule has 2 heterocycles. The van der Waals surface area contributed by atoms with Crippen molar-refractivity contribution in [2.24, 2.45) is 0 Å². The van der Waals surface area contributed by atoms with Crippen LogP contribution in [0, 0.1) is 11.3 Å². The zero-order valence-corrected chi connectivity index (χ0v) is 14.3. The molecule has 2 aromatic rings. The van der Waals surface area contributed by atoms with Gasteiger partial charge in [-0.2, -0.15) is 9.57 Å². The Kier molecular flexibility index (Phi) is 4.71. The Morgan fingerprint density at radius 2 is 1.79 bits per heavy atom. The minimum absolute atomic E-state index is 0.139. The molecule has 0 N–H and O–H groups in total. The molecule has 0 radical (unpaired) electrons. The zero-order chi connectivity index (χ0) is 17.2. The van der Waals surface area contributed by atoms with Crippen molar-refractivity contribution in [3.63, 3.8) is 0 Å². The Balaban J connectivity index is 1.73. The van der Waals surface area contributed by atoms with Crippen molar-refractivity contribution in [3.05, 3.63) is 53.3 Å². The second kappa shape index (κ2) is 6.77. The lowest BCUT2D eigenvalue weighted by Crippen LogP contribution is -2.48. The Bertz CT molecular complexity index is 870. The summed E-state index contributed by atoms with van der Waals surface area (Å²) in [5.41, 5.74) is 1.24. The Morgan fingerprint density at radius 3 is 2.38 bits per heavy atom. The largest absolute Gasteiger partial charge is 0.368 e. The highest BCUT2D eigenvalue weighted by Gasteiger charge is 2.30. The van der Waals surface area contributed by atoms with Gasteiger partial charge in [-0.1, -0.05) is 23.7 Å². The fraction of sp³-hybridized carbons (Fsp3) is 0.250. The number of pyridine rings is 1. The van der Waals surface area contributed by atoms with Crippen molar-refractivity contribution in [2.45, 2.75) is 4.90 Å². The van der Waals surface area contributed by atoms with E-state index in [-0.39, 0.29) is 9.92 Å². The third-order valence-electron chi connectivity index (χ3n) is 3.92.